The summed E-state index contributed by atoms with van der Waals surface area (Å²) in [5.74, 6) is -0.551. The van der Waals surface area contributed by atoms with Gasteiger partial charge in [-0.1, -0.05) is 19.4 Å². The van der Waals surface area contributed by atoms with E-state index in [0.29, 0.717) is 13.2 Å². The molecular formula is C11H19NO2. The van der Waals surface area contributed by atoms with Crippen LogP contribution in [0.25, 0.3) is 0 Å². The Morgan fingerprint density at radius 1 is 1.21 bits per heavy atom. The lowest BCUT2D eigenvalue weighted by atomic mass is 10.0. The van der Waals surface area contributed by atoms with E-state index in [1.165, 1.54) is 19.3 Å². The minimum atomic E-state index is -0.551. The molecule has 0 bridgehead atoms. The second kappa shape index (κ2) is 4.43. The van der Waals surface area contributed by atoms with Crippen molar-refractivity contribution in [3.63, 3.8) is 0 Å². The minimum Gasteiger partial charge on any atom is -0.343 e. The lowest BCUT2D eigenvalue weighted by Crippen LogP contribution is -2.50. The van der Waals surface area contributed by atoms with Gasteiger partial charge >= 0.3 is 0 Å². The molecule has 0 amide bonds. The molecule has 0 saturated carbocycles. The molecule has 1 N–H and O–H groups in total. The van der Waals surface area contributed by atoms with E-state index in [1.807, 2.05) is 6.08 Å². The van der Waals surface area contributed by atoms with Gasteiger partial charge in [-0.15, -0.1) is 0 Å². The van der Waals surface area contributed by atoms with Crippen LogP contribution in [0.4, 0.5) is 0 Å². The van der Waals surface area contributed by atoms with Crippen molar-refractivity contribution in [2.75, 3.05) is 19.8 Å². The van der Waals surface area contributed by atoms with Gasteiger partial charge in [0.05, 0.1) is 19.3 Å². The van der Waals surface area contributed by atoms with Crippen molar-refractivity contribution in [1.82, 2.24) is 5.32 Å². The Labute approximate surface area is 85.5 Å². The van der Waals surface area contributed by atoms with Gasteiger partial charge in [-0.2, -0.15) is 0 Å². The highest BCUT2D eigenvalue weighted by Gasteiger charge is 2.41. The van der Waals surface area contributed by atoms with Crippen molar-refractivity contribution in [3.05, 3.63) is 12.7 Å². The predicted octanol–water partition coefficient (Wildman–Crippen LogP) is 1.45. The largest absolute Gasteiger partial charge is 0.343 e. The summed E-state index contributed by atoms with van der Waals surface area (Å²) in [5.41, 5.74) is 0. The average Bonchev–Trinajstić information content (AvgIpc) is 2.54. The Kier molecular flexibility index (Phi) is 3.21. The van der Waals surface area contributed by atoms with Gasteiger partial charge in [0, 0.05) is 0 Å². The lowest BCUT2D eigenvalue weighted by molar-refractivity contribution is -0.140. The summed E-state index contributed by atoms with van der Waals surface area (Å²) in [4.78, 5) is 0. The molecule has 0 aliphatic carbocycles. The molecule has 14 heavy (non-hydrogen) atoms. The highest BCUT2D eigenvalue weighted by molar-refractivity contribution is 5.01. The van der Waals surface area contributed by atoms with Crippen LogP contribution in [-0.2, 0) is 9.47 Å². The molecule has 0 radical (unpaired) electrons. The van der Waals surface area contributed by atoms with Crippen molar-refractivity contribution >= 4 is 0 Å². The minimum absolute atomic E-state index is 0.282. The molecule has 0 spiro atoms. The van der Waals surface area contributed by atoms with Gasteiger partial charge in [-0.05, 0) is 25.5 Å². The van der Waals surface area contributed by atoms with Crippen molar-refractivity contribution in [3.8, 4) is 0 Å². The summed E-state index contributed by atoms with van der Waals surface area (Å²) in [5, 5.41) is 3.49. The summed E-state index contributed by atoms with van der Waals surface area (Å²) in [6.07, 6.45) is 6.73. The zero-order valence-electron chi connectivity index (χ0n) is 8.63. The normalized spacial score (nSPS) is 32.4. The molecule has 2 fully saturated rings. The zero-order chi connectivity index (χ0) is 9.86. The van der Waals surface area contributed by atoms with Crippen LogP contribution in [0.15, 0.2) is 12.7 Å². The summed E-state index contributed by atoms with van der Waals surface area (Å²) in [7, 11) is 0. The Balaban J connectivity index is 2.05. The fraction of sp³-hybridized carbons (Fsp3) is 0.818. The first-order chi connectivity index (χ1) is 6.87. The molecule has 1 unspecified atom stereocenters. The Hall–Kier alpha value is -0.380. The molecule has 3 nitrogen and oxygen atoms in total. The molecule has 2 saturated heterocycles. The summed E-state index contributed by atoms with van der Waals surface area (Å²) in [6.45, 7) is 6.26. The molecule has 0 aromatic carbocycles. The molecule has 0 aromatic heterocycles. The zero-order valence-corrected chi connectivity index (χ0v) is 8.63. The van der Waals surface area contributed by atoms with Crippen LogP contribution in [0.5, 0.6) is 0 Å². The standard InChI is InChI=1S/C11H19NO2/c1-2-11(13-8-9-14-11)10-6-4-3-5-7-12-10/h2,10,12H,1,3-9H2. The van der Waals surface area contributed by atoms with Gasteiger partial charge in [-0.25, -0.2) is 0 Å². The van der Waals surface area contributed by atoms with Gasteiger partial charge in [0.25, 0.3) is 0 Å². The van der Waals surface area contributed by atoms with Crippen LogP contribution in [0, 0.1) is 0 Å². The third-order valence-electron chi connectivity index (χ3n) is 3.07. The first-order valence-electron chi connectivity index (χ1n) is 5.52. The van der Waals surface area contributed by atoms with E-state index in [0.717, 1.165) is 13.0 Å². The van der Waals surface area contributed by atoms with Crippen LogP contribution < -0.4 is 5.32 Å². The molecule has 1 atom stereocenters. The second-order valence-electron chi connectivity index (χ2n) is 3.98. The Bertz CT molecular complexity index is 191. The van der Waals surface area contributed by atoms with Crippen LogP contribution >= 0.6 is 0 Å². The fourth-order valence-electron chi connectivity index (χ4n) is 2.28. The molecular weight excluding hydrogens is 178 g/mol. The van der Waals surface area contributed by atoms with Gasteiger partial charge in [0.2, 0.25) is 5.79 Å². The first kappa shape index (κ1) is 10.1. The summed E-state index contributed by atoms with van der Waals surface area (Å²) in [6, 6.07) is 0.282. The van der Waals surface area contributed by atoms with Gasteiger partial charge < -0.3 is 14.8 Å². The van der Waals surface area contributed by atoms with Gasteiger partial charge in [-0.3, -0.25) is 0 Å². The van der Waals surface area contributed by atoms with Gasteiger partial charge in [0.15, 0.2) is 0 Å². The summed E-state index contributed by atoms with van der Waals surface area (Å²) < 4.78 is 11.4. The third kappa shape index (κ3) is 1.85. The van der Waals surface area contributed by atoms with E-state index < -0.39 is 5.79 Å². The highest BCUT2D eigenvalue weighted by atomic mass is 16.7. The highest BCUT2D eigenvalue weighted by Crippen LogP contribution is 2.28. The fourth-order valence-corrected chi connectivity index (χ4v) is 2.28. The monoisotopic (exact) mass is 197 g/mol. The molecule has 80 valence electrons. The third-order valence-corrected chi connectivity index (χ3v) is 3.07. The maximum atomic E-state index is 5.68. The predicted molar refractivity (Wildman–Crippen MR) is 55.1 cm³/mol. The lowest BCUT2D eigenvalue weighted by Gasteiger charge is -2.32. The Morgan fingerprint density at radius 3 is 2.71 bits per heavy atom. The molecule has 2 aliphatic rings. The van der Waals surface area contributed by atoms with E-state index >= 15 is 0 Å². The molecule has 2 rings (SSSR count). The number of hydrogen-bond donors (Lipinski definition) is 1. The maximum absolute atomic E-state index is 5.68. The van der Waals surface area contributed by atoms with E-state index in [1.54, 1.807) is 0 Å². The van der Waals surface area contributed by atoms with Gasteiger partial charge in [0.1, 0.15) is 0 Å². The number of rotatable bonds is 2. The van der Waals surface area contributed by atoms with Crippen LogP contribution in [0.3, 0.4) is 0 Å². The number of nitrogens with one attached hydrogen (secondary N) is 1. The average molecular weight is 197 g/mol. The summed E-state index contributed by atoms with van der Waals surface area (Å²) >= 11 is 0. The van der Waals surface area contributed by atoms with Crippen molar-refractivity contribution < 1.29 is 9.47 Å². The molecule has 2 heterocycles. The second-order valence-corrected chi connectivity index (χ2v) is 3.98. The smallest absolute Gasteiger partial charge is 0.203 e. The SMILES string of the molecule is C=CC1(C2CCCCCN2)OCCO1. The maximum Gasteiger partial charge on any atom is 0.203 e. The van der Waals surface area contributed by atoms with E-state index in [4.69, 9.17) is 9.47 Å². The Morgan fingerprint density at radius 2 is 2.00 bits per heavy atom. The van der Waals surface area contributed by atoms with Crippen molar-refractivity contribution in [2.24, 2.45) is 0 Å². The number of hydrogen-bond acceptors (Lipinski definition) is 3. The molecule has 3 heteroatoms. The van der Waals surface area contributed by atoms with Crippen LogP contribution in [0.2, 0.25) is 0 Å². The quantitative estimate of drug-likeness (QED) is 0.680. The van der Waals surface area contributed by atoms with Crippen molar-refractivity contribution in [2.45, 2.75) is 37.5 Å². The van der Waals surface area contributed by atoms with Crippen LogP contribution in [-0.4, -0.2) is 31.6 Å². The molecule has 2 aliphatic heterocycles. The number of ether oxygens (including phenoxy) is 2. The van der Waals surface area contributed by atoms with E-state index in [9.17, 15) is 0 Å². The van der Waals surface area contributed by atoms with Crippen LogP contribution in [0.1, 0.15) is 25.7 Å². The van der Waals surface area contributed by atoms with E-state index in [-0.39, 0.29) is 6.04 Å². The van der Waals surface area contributed by atoms with E-state index in [2.05, 4.69) is 11.9 Å². The first-order valence-corrected chi connectivity index (χ1v) is 5.52. The topological polar surface area (TPSA) is 30.5 Å². The van der Waals surface area contributed by atoms with Crippen molar-refractivity contribution in [1.29, 1.82) is 0 Å². The molecule has 0 aromatic rings.